The van der Waals surface area contributed by atoms with E-state index < -0.39 is 0 Å². The van der Waals surface area contributed by atoms with Gasteiger partial charge in [0.2, 0.25) is 0 Å². The lowest BCUT2D eigenvalue weighted by Crippen LogP contribution is -2.06. The predicted octanol–water partition coefficient (Wildman–Crippen LogP) is 4.52. The molecule has 0 aromatic heterocycles. The Balaban J connectivity index is 1.90. The quantitative estimate of drug-likeness (QED) is 0.526. The van der Waals surface area contributed by atoms with Crippen LogP contribution in [-0.4, -0.2) is 12.6 Å². The van der Waals surface area contributed by atoms with Gasteiger partial charge in [-0.05, 0) is 36.8 Å². The number of fused-ring (bicyclic) bond motifs is 2. The highest BCUT2D eigenvalue weighted by atomic mass is 32.2. The zero-order valence-corrected chi connectivity index (χ0v) is 12.4. The number of carbonyl (C=O) groups is 1. The largest absolute Gasteiger partial charge is 0.462 e. The molecule has 0 N–H and O–H groups in total. The number of ether oxygens (including phenoxy) is 2. The summed E-state index contributed by atoms with van der Waals surface area (Å²) < 4.78 is 10.8. The average Bonchev–Trinajstić information content (AvgIpc) is 2.51. The second-order valence-electron chi connectivity index (χ2n) is 4.51. The van der Waals surface area contributed by atoms with E-state index in [0.717, 1.165) is 26.9 Å². The number of esters is 1. The van der Waals surface area contributed by atoms with Crippen LogP contribution in [0.25, 0.3) is 5.57 Å². The first-order valence-electron chi connectivity index (χ1n) is 6.64. The van der Waals surface area contributed by atoms with Gasteiger partial charge in [-0.2, -0.15) is 0 Å². The SMILES string of the molecule is C=C(C(=O)OCC)c1ccc2c(c1)Sc1ccccc1O2. The van der Waals surface area contributed by atoms with Gasteiger partial charge in [0.15, 0.2) is 0 Å². The average molecular weight is 298 g/mol. The molecule has 0 aliphatic carbocycles. The second-order valence-corrected chi connectivity index (χ2v) is 5.60. The van der Waals surface area contributed by atoms with E-state index in [1.54, 1.807) is 18.7 Å². The Hall–Kier alpha value is -2.20. The number of para-hydroxylation sites is 1. The Morgan fingerprint density at radius 1 is 1.19 bits per heavy atom. The topological polar surface area (TPSA) is 35.5 Å². The third-order valence-corrected chi connectivity index (χ3v) is 4.20. The lowest BCUT2D eigenvalue weighted by Gasteiger charge is -2.20. The van der Waals surface area contributed by atoms with Gasteiger partial charge in [0, 0.05) is 0 Å². The molecule has 3 nitrogen and oxygen atoms in total. The maximum absolute atomic E-state index is 11.8. The van der Waals surface area contributed by atoms with Gasteiger partial charge in [-0.25, -0.2) is 4.79 Å². The Kier molecular flexibility index (Phi) is 3.71. The van der Waals surface area contributed by atoms with Crippen molar-refractivity contribution in [3.05, 3.63) is 54.6 Å². The molecule has 0 saturated heterocycles. The molecule has 2 aromatic carbocycles. The minimum absolute atomic E-state index is 0.341. The third kappa shape index (κ3) is 2.67. The molecule has 0 fully saturated rings. The summed E-state index contributed by atoms with van der Waals surface area (Å²) in [6, 6.07) is 13.5. The normalized spacial score (nSPS) is 11.9. The molecule has 0 saturated carbocycles. The molecule has 0 spiro atoms. The van der Waals surface area contributed by atoms with Crippen molar-refractivity contribution in [3.8, 4) is 11.5 Å². The summed E-state index contributed by atoms with van der Waals surface area (Å²) in [7, 11) is 0. The summed E-state index contributed by atoms with van der Waals surface area (Å²) in [6.45, 7) is 5.93. The summed E-state index contributed by atoms with van der Waals surface area (Å²) in [5.41, 5.74) is 1.11. The van der Waals surface area contributed by atoms with Crippen LogP contribution in [0.3, 0.4) is 0 Å². The van der Waals surface area contributed by atoms with Gasteiger partial charge in [0.05, 0.1) is 22.0 Å². The second kappa shape index (κ2) is 5.66. The molecule has 1 aliphatic rings. The van der Waals surface area contributed by atoms with Crippen LogP contribution in [0.5, 0.6) is 11.5 Å². The van der Waals surface area contributed by atoms with Gasteiger partial charge in [0.1, 0.15) is 11.5 Å². The van der Waals surface area contributed by atoms with E-state index in [4.69, 9.17) is 9.47 Å². The number of hydrogen-bond acceptors (Lipinski definition) is 4. The summed E-state index contributed by atoms with van der Waals surface area (Å²) in [4.78, 5) is 13.8. The standard InChI is InChI=1S/C17H14O3S/c1-3-19-17(18)11(2)12-8-9-14-16(10-12)21-15-7-5-4-6-13(15)20-14/h4-10H,2-3H2,1H3. The van der Waals surface area contributed by atoms with Crippen LogP contribution in [0.1, 0.15) is 12.5 Å². The first kappa shape index (κ1) is 13.8. The Bertz CT molecular complexity index is 722. The zero-order valence-electron chi connectivity index (χ0n) is 11.6. The fourth-order valence-electron chi connectivity index (χ4n) is 2.05. The van der Waals surface area contributed by atoms with E-state index in [-0.39, 0.29) is 5.97 Å². The number of rotatable bonds is 3. The van der Waals surface area contributed by atoms with Crippen LogP contribution in [0.2, 0.25) is 0 Å². The summed E-state index contributed by atoms with van der Waals surface area (Å²) in [5.74, 6) is 1.26. The van der Waals surface area contributed by atoms with Crippen LogP contribution >= 0.6 is 11.8 Å². The molecule has 1 aliphatic heterocycles. The van der Waals surface area contributed by atoms with Crippen molar-refractivity contribution in [2.45, 2.75) is 16.7 Å². The molecule has 21 heavy (non-hydrogen) atoms. The molecule has 3 rings (SSSR count). The Labute approximate surface area is 127 Å². The van der Waals surface area contributed by atoms with E-state index in [9.17, 15) is 4.79 Å². The van der Waals surface area contributed by atoms with Crippen molar-refractivity contribution >= 4 is 23.3 Å². The highest BCUT2D eigenvalue weighted by molar-refractivity contribution is 7.99. The van der Waals surface area contributed by atoms with Gasteiger partial charge < -0.3 is 9.47 Å². The van der Waals surface area contributed by atoms with Crippen LogP contribution in [0.4, 0.5) is 0 Å². The van der Waals surface area contributed by atoms with E-state index >= 15 is 0 Å². The van der Waals surface area contributed by atoms with Crippen LogP contribution in [0, 0.1) is 0 Å². The first-order chi connectivity index (χ1) is 10.2. The van der Waals surface area contributed by atoms with E-state index in [1.165, 1.54) is 0 Å². The highest BCUT2D eigenvalue weighted by Gasteiger charge is 2.19. The van der Waals surface area contributed by atoms with Gasteiger partial charge in [0.25, 0.3) is 0 Å². The van der Waals surface area contributed by atoms with Gasteiger partial charge in [-0.1, -0.05) is 36.5 Å². The smallest absolute Gasteiger partial charge is 0.338 e. The molecule has 106 valence electrons. The van der Waals surface area contributed by atoms with Crippen molar-refractivity contribution in [2.24, 2.45) is 0 Å². The first-order valence-corrected chi connectivity index (χ1v) is 7.46. The van der Waals surface area contributed by atoms with E-state index in [2.05, 4.69) is 6.58 Å². The lowest BCUT2D eigenvalue weighted by atomic mass is 10.1. The fourth-order valence-corrected chi connectivity index (χ4v) is 3.04. The Morgan fingerprint density at radius 2 is 1.95 bits per heavy atom. The summed E-state index contributed by atoms with van der Waals surface area (Å²) in [6.07, 6.45) is 0. The van der Waals surface area contributed by atoms with Crippen molar-refractivity contribution in [1.82, 2.24) is 0 Å². The number of carbonyl (C=O) groups excluding carboxylic acids is 1. The fraction of sp³-hybridized carbons (Fsp3) is 0.118. The molecule has 0 bridgehead atoms. The molecule has 4 heteroatoms. The minimum Gasteiger partial charge on any atom is -0.462 e. The third-order valence-electron chi connectivity index (χ3n) is 3.10. The molecule has 0 unspecified atom stereocenters. The molecular weight excluding hydrogens is 284 g/mol. The van der Waals surface area contributed by atoms with Crippen molar-refractivity contribution < 1.29 is 14.3 Å². The predicted molar refractivity (Wildman–Crippen MR) is 82.7 cm³/mol. The Morgan fingerprint density at radius 3 is 2.76 bits per heavy atom. The molecule has 0 amide bonds. The summed E-state index contributed by atoms with van der Waals surface area (Å²) >= 11 is 1.62. The van der Waals surface area contributed by atoms with Crippen LogP contribution < -0.4 is 4.74 Å². The maximum atomic E-state index is 11.8. The van der Waals surface area contributed by atoms with Gasteiger partial charge in [-0.3, -0.25) is 0 Å². The summed E-state index contributed by atoms with van der Waals surface area (Å²) in [5, 5.41) is 0. The molecule has 2 aromatic rings. The molecule has 1 heterocycles. The molecule has 0 atom stereocenters. The molecular formula is C17H14O3S. The zero-order chi connectivity index (χ0) is 14.8. The van der Waals surface area contributed by atoms with Gasteiger partial charge in [-0.15, -0.1) is 0 Å². The van der Waals surface area contributed by atoms with Crippen LogP contribution in [-0.2, 0) is 9.53 Å². The lowest BCUT2D eigenvalue weighted by molar-refractivity contribution is -0.136. The van der Waals surface area contributed by atoms with E-state index in [1.807, 2.05) is 42.5 Å². The van der Waals surface area contributed by atoms with Crippen LogP contribution in [0.15, 0.2) is 58.8 Å². The van der Waals surface area contributed by atoms with Crippen molar-refractivity contribution in [2.75, 3.05) is 6.61 Å². The monoisotopic (exact) mass is 298 g/mol. The molecule has 0 radical (unpaired) electrons. The highest BCUT2D eigenvalue weighted by Crippen LogP contribution is 2.47. The van der Waals surface area contributed by atoms with Crippen molar-refractivity contribution in [1.29, 1.82) is 0 Å². The maximum Gasteiger partial charge on any atom is 0.338 e. The number of benzene rings is 2. The van der Waals surface area contributed by atoms with E-state index in [0.29, 0.717) is 12.2 Å². The number of hydrogen-bond donors (Lipinski definition) is 0. The van der Waals surface area contributed by atoms with Crippen molar-refractivity contribution in [3.63, 3.8) is 0 Å². The van der Waals surface area contributed by atoms with Gasteiger partial charge >= 0.3 is 5.97 Å². The minimum atomic E-state index is -0.389.